The summed E-state index contributed by atoms with van der Waals surface area (Å²) < 4.78 is 34.2. The molecule has 0 amide bonds. The van der Waals surface area contributed by atoms with Crippen molar-refractivity contribution in [2.75, 3.05) is 31.5 Å². The first-order valence-electron chi connectivity index (χ1n) is 11.7. The van der Waals surface area contributed by atoms with Crippen LogP contribution in [0.1, 0.15) is 24.0 Å². The molecule has 0 aliphatic carbocycles. The van der Waals surface area contributed by atoms with Crippen LogP contribution in [-0.2, 0) is 6.54 Å². The summed E-state index contributed by atoms with van der Waals surface area (Å²) >= 11 is 0. The Morgan fingerprint density at radius 1 is 1.06 bits per heavy atom. The fraction of sp³-hybridized carbons (Fsp3) is 0.320. The minimum Gasteiger partial charge on any atom is -0.423 e. The zero-order valence-corrected chi connectivity index (χ0v) is 20.0. The van der Waals surface area contributed by atoms with Crippen LogP contribution >= 0.6 is 0 Å². The summed E-state index contributed by atoms with van der Waals surface area (Å²) in [6.07, 6.45) is 3.06. The van der Waals surface area contributed by atoms with Gasteiger partial charge in [-0.3, -0.25) is 15.0 Å². The number of fused-ring (bicyclic) bond motifs is 1. The van der Waals surface area contributed by atoms with Crippen molar-refractivity contribution < 1.29 is 13.2 Å². The largest absolute Gasteiger partial charge is 0.423 e. The van der Waals surface area contributed by atoms with Crippen LogP contribution < -0.4 is 22.3 Å². The van der Waals surface area contributed by atoms with E-state index in [0.717, 1.165) is 25.9 Å². The fourth-order valence-corrected chi connectivity index (χ4v) is 3.86. The van der Waals surface area contributed by atoms with Crippen LogP contribution in [0.4, 0.5) is 20.7 Å². The molecule has 0 aliphatic heterocycles. The molecule has 2 aromatic carbocycles. The Bertz CT molecular complexity index is 1360. The third kappa shape index (κ3) is 5.93. The lowest BCUT2D eigenvalue weighted by Crippen LogP contribution is -2.28. The molecule has 2 heterocycles. The van der Waals surface area contributed by atoms with Crippen LogP contribution in [0.15, 0.2) is 45.7 Å². The van der Waals surface area contributed by atoms with Crippen LogP contribution in [0.3, 0.4) is 0 Å². The van der Waals surface area contributed by atoms with Gasteiger partial charge in [0, 0.05) is 24.4 Å². The van der Waals surface area contributed by atoms with Crippen LogP contribution in [0, 0.1) is 18.6 Å². The van der Waals surface area contributed by atoms with Gasteiger partial charge in [-0.2, -0.15) is 9.97 Å². The van der Waals surface area contributed by atoms with E-state index in [1.54, 1.807) is 25.1 Å². The molecular weight excluding hydrogens is 468 g/mol. The van der Waals surface area contributed by atoms with Gasteiger partial charge in [-0.1, -0.05) is 12.1 Å². The molecule has 0 atom stereocenters. The third-order valence-electron chi connectivity index (χ3n) is 5.81. The van der Waals surface area contributed by atoms with E-state index in [2.05, 4.69) is 25.2 Å². The lowest BCUT2D eigenvalue weighted by atomic mass is 10.1. The Hall–Kier alpha value is -3.67. The molecule has 2 aromatic heterocycles. The molecule has 0 saturated heterocycles. The molecule has 0 unspecified atom stereocenters. The number of aromatic amines is 1. The van der Waals surface area contributed by atoms with Gasteiger partial charge in [0.25, 0.3) is 5.56 Å². The number of aryl methyl sites for hydroxylation is 1. The second-order valence-electron chi connectivity index (χ2n) is 8.55. The first-order valence-corrected chi connectivity index (χ1v) is 11.7. The van der Waals surface area contributed by atoms with Gasteiger partial charge in [-0.05, 0) is 69.2 Å². The average Bonchev–Trinajstić information content (AvgIpc) is 3.22. The summed E-state index contributed by atoms with van der Waals surface area (Å²) in [6.45, 7) is 4.69. The molecule has 0 spiro atoms. The van der Waals surface area contributed by atoms with E-state index < -0.39 is 17.2 Å². The van der Waals surface area contributed by atoms with Gasteiger partial charge < -0.3 is 20.9 Å². The Labute approximate surface area is 206 Å². The Balaban J connectivity index is 1.50. The fourth-order valence-electron chi connectivity index (χ4n) is 3.86. The summed E-state index contributed by atoms with van der Waals surface area (Å²) in [4.78, 5) is 25.8. The number of nitrogens with zero attached hydrogens (tertiary/aromatic N) is 3. The number of benzene rings is 2. The van der Waals surface area contributed by atoms with Gasteiger partial charge in [-0.15, -0.1) is 0 Å². The van der Waals surface area contributed by atoms with Crippen molar-refractivity contribution in [3.8, 4) is 11.1 Å². The minimum atomic E-state index is -0.561. The highest BCUT2D eigenvalue weighted by Gasteiger charge is 2.14. The molecule has 0 aliphatic rings. The second kappa shape index (κ2) is 11.4. The smallest absolute Gasteiger partial charge is 0.302 e. The van der Waals surface area contributed by atoms with E-state index in [1.165, 1.54) is 18.3 Å². The Morgan fingerprint density at radius 3 is 2.47 bits per heavy atom. The van der Waals surface area contributed by atoms with Crippen molar-refractivity contribution in [2.45, 2.75) is 26.3 Å². The summed E-state index contributed by atoms with van der Waals surface area (Å²) in [5.41, 5.74) is 13.0. The van der Waals surface area contributed by atoms with Crippen molar-refractivity contribution in [3.63, 3.8) is 0 Å². The van der Waals surface area contributed by atoms with Crippen molar-refractivity contribution in [3.05, 3.63) is 69.6 Å². The molecule has 0 fully saturated rings. The van der Waals surface area contributed by atoms with Crippen LogP contribution in [0.2, 0.25) is 0 Å². The minimum absolute atomic E-state index is 0.0510. The summed E-state index contributed by atoms with van der Waals surface area (Å²) in [6, 6.07) is 7.56. The highest BCUT2D eigenvalue weighted by Crippen LogP contribution is 2.24. The van der Waals surface area contributed by atoms with Gasteiger partial charge in [0.1, 0.15) is 17.2 Å². The summed E-state index contributed by atoms with van der Waals surface area (Å²) in [5, 5.41) is 2.76. The van der Waals surface area contributed by atoms with Crippen LogP contribution in [-0.4, -0.2) is 46.0 Å². The molecule has 0 radical (unpaired) electrons. The monoisotopic (exact) mass is 497 g/mol. The SMILES string of the molecule is Cc1cc2nc(Nc3nc(=O)c(-c4ccc(CN(CCCN)CCCN)c(F)c4)c[nH]3)oc2cc1F. The molecule has 190 valence electrons. The number of aromatic nitrogens is 3. The van der Waals surface area contributed by atoms with Gasteiger partial charge >= 0.3 is 6.01 Å². The molecule has 4 aromatic rings. The van der Waals surface area contributed by atoms with Gasteiger partial charge in [-0.25, -0.2) is 8.78 Å². The van der Waals surface area contributed by atoms with Crippen LogP contribution in [0.25, 0.3) is 22.2 Å². The lowest BCUT2D eigenvalue weighted by molar-refractivity contribution is 0.258. The maximum Gasteiger partial charge on any atom is 0.302 e. The van der Waals surface area contributed by atoms with Gasteiger partial charge in [0.05, 0.1) is 5.56 Å². The first-order chi connectivity index (χ1) is 17.4. The van der Waals surface area contributed by atoms with Gasteiger partial charge in [0.15, 0.2) is 5.58 Å². The number of anilines is 2. The number of hydrogen-bond acceptors (Lipinski definition) is 8. The number of halogens is 2. The van der Waals surface area contributed by atoms with Crippen molar-refractivity contribution in [1.29, 1.82) is 0 Å². The van der Waals surface area contributed by atoms with E-state index in [1.807, 2.05) is 0 Å². The number of rotatable bonds is 11. The van der Waals surface area contributed by atoms with E-state index in [9.17, 15) is 13.6 Å². The zero-order valence-electron chi connectivity index (χ0n) is 20.0. The molecule has 4 rings (SSSR count). The zero-order chi connectivity index (χ0) is 25.7. The molecule has 11 heteroatoms. The Morgan fingerprint density at radius 2 is 1.81 bits per heavy atom. The van der Waals surface area contributed by atoms with Crippen molar-refractivity contribution >= 4 is 23.1 Å². The van der Waals surface area contributed by atoms with E-state index in [0.29, 0.717) is 41.8 Å². The van der Waals surface area contributed by atoms with Crippen molar-refractivity contribution in [2.24, 2.45) is 11.5 Å². The van der Waals surface area contributed by atoms with Gasteiger partial charge in [0.2, 0.25) is 5.95 Å². The maximum atomic E-state index is 14.9. The molecule has 36 heavy (non-hydrogen) atoms. The van der Waals surface area contributed by atoms with E-state index in [4.69, 9.17) is 15.9 Å². The Kier molecular flexibility index (Phi) is 8.04. The molecule has 6 N–H and O–H groups in total. The predicted octanol–water partition coefficient (Wildman–Crippen LogP) is 3.41. The number of oxazole rings is 1. The predicted molar refractivity (Wildman–Crippen MR) is 135 cm³/mol. The molecule has 9 nitrogen and oxygen atoms in total. The summed E-state index contributed by atoms with van der Waals surface area (Å²) in [5.74, 6) is -0.730. The topological polar surface area (TPSA) is 139 Å². The molecular formula is C25H29F2N7O2. The van der Waals surface area contributed by atoms with E-state index in [-0.39, 0.29) is 23.1 Å². The van der Waals surface area contributed by atoms with Crippen molar-refractivity contribution in [1.82, 2.24) is 19.9 Å². The average molecular weight is 498 g/mol. The maximum absolute atomic E-state index is 14.9. The third-order valence-corrected chi connectivity index (χ3v) is 5.81. The number of hydrogen-bond donors (Lipinski definition) is 4. The normalized spacial score (nSPS) is 11.5. The molecule has 0 saturated carbocycles. The standard InChI is InChI=1S/C25H29F2N7O2/c1-15-10-21-22(12-19(15)26)36-25(31-21)33-24-30-13-18(23(35)32-24)16-4-5-17(20(27)11-16)14-34(8-2-6-28)9-3-7-29/h4-5,10-13H,2-3,6-9,14,28-29H2,1H3,(H2,30,31,32,33,35). The van der Waals surface area contributed by atoms with Crippen LogP contribution in [0.5, 0.6) is 0 Å². The lowest BCUT2D eigenvalue weighted by Gasteiger charge is -2.22. The highest BCUT2D eigenvalue weighted by atomic mass is 19.1. The second-order valence-corrected chi connectivity index (χ2v) is 8.55. The van der Waals surface area contributed by atoms with E-state index >= 15 is 0 Å². The first kappa shape index (κ1) is 25.4. The number of H-pyrrole nitrogens is 1. The molecule has 0 bridgehead atoms. The summed E-state index contributed by atoms with van der Waals surface area (Å²) in [7, 11) is 0. The highest BCUT2D eigenvalue weighted by molar-refractivity contribution is 5.76. The number of nitrogens with one attached hydrogen (secondary N) is 2. The quantitative estimate of drug-likeness (QED) is 0.247. The number of nitrogens with two attached hydrogens (primary N) is 2.